The van der Waals surface area contributed by atoms with Gasteiger partial charge in [0.1, 0.15) is 5.82 Å². The summed E-state index contributed by atoms with van der Waals surface area (Å²) in [6, 6.07) is 12.4. The van der Waals surface area contributed by atoms with Crippen LogP contribution < -0.4 is 0 Å². The van der Waals surface area contributed by atoms with Crippen LogP contribution in [0.1, 0.15) is 42.5 Å². The van der Waals surface area contributed by atoms with Gasteiger partial charge in [0.2, 0.25) is 0 Å². The second-order valence-corrected chi connectivity index (χ2v) is 6.23. The van der Waals surface area contributed by atoms with E-state index in [2.05, 4.69) is 58.7 Å². The van der Waals surface area contributed by atoms with Gasteiger partial charge in [-0.25, -0.2) is 0 Å². The molecule has 0 atom stereocenters. The molecule has 0 radical (unpaired) electrons. The summed E-state index contributed by atoms with van der Waals surface area (Å²) in [5, 5.41) is 8.94. The van der Waals surface area contributed by atoms with Gasteiger partial charge in [-0.2, -0.15) is 0 Å². The summed E-state index contributed by atoms with van der Waals surface area (Å²) in [7, 11) is 0. The quantitative estimate of drug-likeness (QED) is 0.721. The van der Waals surface area contributed by atoms with E-state index < -0.39 is 0 Å². The average Bonchev–Trinajstić information content (AvgIpc) is 2.96. The number of nitrogens with zero attached hydrogens (tertiary/aromatic N) is 4. The molecule has 3 rings (SSSR count). The fourth-order valence-corrected chi connectivity index (χ4v) is 2.73. The Morgan fingerprint density at radius 2 is 1.61 bits per heavy atom. The molecule has 0 amide bonds. The van der Waals surface area contributed by atoms with Gasteiger partial charge in [-0.1, -0.05) is 32.0 Å². The van der Waals surface area contributed by atoms with E-state index in [-0.39, 0.29) is 5.92 Å². The molecule has 2 heterocycles. The van der Waals surface area contributed by atoms with Crippen molar-refractivity contribution < 1.29 is 0 Å². The molecule has 0 fully saturated rings. The van der Waals surface area contributed by atoms with Gasteiger partial charge in [0.15, 0.2) is 5.82 Å². The maximum absolute atomic E-state index is 4.66. The second kappa shape index (κ2) is 5.95. The van der Waals surface area contributed by atoms with Gasteiger partial charge >= 0.3 is 0 Å². The van der Waals surface area contributed by atoms with E-state index in [4.69, 9.17) is 0 Å². The maximum atomic E-state index is 4.66. The molecule has 0 aliphatic rings. The lowest BCUT2D eigenvalue weighted by Gasteiger charge is -2.14. The SMILES string of the molecule is Cc1cc(-c2nnc(C(C)C)n2-c2ccccc2)c(C)nc1C. The first-order valence-corrected chi connectivity index (χ1v) is 7.95. The number of aromatic nitrogens is 4. The average molecular weight is 306 g/mol. The smallest absolute Gasteiger partial charge is 0.170 e. The third-order valence-corrected chi connectivity index (χ3v) is 4.12. The van der Waals surface area contributed by atoms with Crippen molar-refractivity contribution in [2.45, 2.75) is 40.5 Å². The van der Waals surface area contributed by atoms with Crippen molar-refractivity contribution >= 4 is 0 Å². The zero-order valence-corrected chi connectivity index (χ0v) is 14.3. The molecule has 23 heavy (non-hydrogen) atoms. The van der Waals surface area contributed by atoms with Crippen molar-refractivity contribution in [2.24, 2.45) is 0 Å². The lowest BCUT2D eigenvalue weighted by molar-refractivity contribution is 0.746. The summed E-state index contributed by atoms with van der Waals surface area (Å²) in [6.45, 7) is 10.4. The minimum Gasteiger partial charge on any atom is -0.279 e. The fraction of sp³-hybridized carbons (Fsp3) is 0.316. The normalized spacial score (nSPS) is 11.2. The van der Waals surface area contributed by atoms with E-state index >= 15 is 0 Å². The predicted octanol–water partition coefficient (Wildman–Crippen LogP) is 4.38. The first-order chi connectivity index (χ1) is 11.0. The molecule has 0 aliphatic heterocycles. The van der Waals surface area contributed by atoms with Crippen molar-refractivity contribution in [1.29, 1.82) is 0 Å². The molecule has 118 valence electrons. The number of hydrogen-bond acceptors (Lipinski definition) is 3. The Kier molecular flexibility index (Phi) is 3.99. The van der Waals surface area contributed by atoms with Gasteiger partial charge in [-0.05, 0) is 44.5 Å². The molecule has 0 N–H and O–H groups in total. The topological polar surface area (TPSA) is 43.6 Å². The number of para-hydroxylation sites is 1. The van der Waals surface area contributed by atoms with Gasteiger partial charge in [0.25, 0.3) is 0 Å². The summed E-state index contributed by atoms with van der Waals surface area (Å²) in [4.78, 5) is 4.66. The Morgan fingerprint density at radius 1 is 0.913 bits per heavy atom. The van der Waals surface area contributed by atoms with E-state index in [0.717, 1.165) is 34.3 Å². The summed E-state index contributed by atoms with van der Waals surface area (Å²) in [5.41, 5.74) is 5.32. The van der Waals surface area contributed by atoms with Gasteiger partial charge in [0.05, 0.1) is 0 Å². The van der Waals surface area contributed by atoms with E-state index in [1.165, 1.54) is 5.56 Å². The molecule has 4 nitrogen and oxygen atoms in total. The van der Waals surface area contributed by atoms with E-state index in [9.17, 15) is 0 Å². The lowest BCUT2D eigenvalue weighted by Crippen LogP contribution is -2.06. The summed E-state index contributed by atoms with van der Waals surface area (Å²) < 4.78 is 2.14. The van der Waals surface area contributed by atoms with Crippen molar-refractivity contribution in [2.75, 3.05) is 0 Å². The van der Waals surface area contributed by atoms with Crippen LogP contribution in [-0.2, 0) is 0 Å². The molecule has 4 heteroatoms. The van der Waals surface area contributed by atoms with Crippen molar-refractivity contribution in [3.05, 3.63) is 59.2 Å². The number of rotatable bonds is 3. The second-order valence-electron chi connectivity index (χ2n) is 6.23. The van der Waals surface area contributed by atoms with Crippen LogP contribution in [0, 0.1) is 20.8 Å². The molecule has 0 aliphatic carbocycles. The Hall–Kier alpha value is -2.49. The molecule has 1 aromatic carbocycles. The van der Waals surface area contributed by atoms with E-state index in [0.29, 0.717) is 0 Å². The van der Waals surface area contributed by atoms with Crippen molar-refractivity contribution in [3.63, 3.8) is 0 Å². The number of hydrogen-bond donors (Lipinski definition) is 0. The van der Waals surface area contributed by atoms with Crippen LogP contribution in [0.5, 0.6) is 0 Å². The minimum absolute atomic E-state index is 0.288. The molecule has 0 bridgehead atoms. The van der Waals surface area contributed by atoms with Crippen molar-refractivity contribution in [3.8, 4) is 17.1 Å². The van der Waals surface area contributed by atoms with Gasteiger partial charge in [-0.3, -0.25) is 9.55 Å². The monoisotopic (exact) mass is 306 g/mol. The molecular formula is C19H22N4. The van der Waals surface area contributed by atoms with Crippen molar-refractivity contribution in [1.82, 2.24) is 19.7 Å². The third kappa shape index (κ3) is 2.77. The van der Waals surface area contributed by atoms with Crippen LogP contribution in [0.4, 0.5) is 0 Å². The highest BCUT2D eigenvalue weighted by Gasteiger charge is 2.19. The fourth-order valence-electron chi connectivity index (χ4n) is 2.73. The summed E-state index contributed by atoms with van der Waals surface area (Å²) in [5.74, 6) is 2.10. The highest BCUT2D eigenvalue weighted by atomic mass is 15.3. The molecule has 2 aromatic heterocycles. The highest BCUT2D eigenvalue weighted by molar-refractivity contribution is 5.62. The van der Waals surface area contributed by atoms with E-state index in [1.54, 1.807) is 0 Å². The molecule has 0 unspecified atom stereocenters. The third-order valence-electron chi connectivity index (χ3n) is 4.12. The number of pyridine rings is 1. The minimum atomic E-state index is 0.288. The highest BCUT2D eigenvalue weighted by Crippen LogP contribution is 2.28. The standard InChI is InChI=1S/C19H22N4/c1-12(2)18-21-22-19(23(18)16-9-7-6-8-10-16)17-11-13(3)14(4)20-15(17)5/h6-12H,1-5H3. The number of benzene rings is 1. The van der Waals surface area contributed by atoms with Crippen LogP contribution >= 0.6 is 0 Å². The van der Waals surface area contributed by atoms with Gasteiger partial charge in [-0.15, -0.1) is 10.2 Å². The molecular weight excluding hydrogens is 284 g/mol. The van der Waals surface area contributed by atoms with Crippen LogP contribution in [-0.4, -0.2) is 19.7 Å². The molecule has 0 saturated carbocycles. The van der Waals surface area contributed by atoms with Crippen LogP contribution in [0.3, 0.4) is 0 Å². The summed E-state index contributed by atoms with van der Waals surface area (Å²) >= 11 is 0. The van der Waals surface area contributed by atoms with Crippen LogP contribution in [0.15, 0.2) is 36.4 Å². The maximum Gasteiger partial charge on any atom is 0.170 e. The lowest BCUT2D eigenvalue weighted by atomic mass is 10.1. The predicted molar refractivity (Wildman–Crippen MR) is 92.9 cm³/mol. The Balaban J connectivity index is 2.28. The number of aryl methyl sites for hydroxylation is 3. The Bertz CT molecular complexity index is 832. The van der Waals surface area contributed by atoms with Gasteiger partial charge in [0, 0.05) is 28.6 Å². The first kappa shape index (κ1) is 15.4. The van der Waals surface area contributed by atoms with Crippen LogP contribution in [0.25, 0.3) is 17.1 Å². The zero-order chi connectivity index (χ0) is 16.6. The largest absolute Gasteiger partial charge is 0.279 e. The molecule has 3 aromatic rings. The Labute approximate surface area is 137 Å². The molecule has 0 spiro atoms. The molecule has 0 saturated heterocycles. The zero-order valence-electron chi connectivity index (χ0n) is 14.3. The van der Waals surface area contributed by atoms with E-state index in [1.807, 2.05) is 32.0 Å². The Morgan fingerprint density at radius 3 is 2.26 bits per heavy atom. The first-order valence-electron chi connectivity index (χ1n) is 7.95. The van der Waals surface area contributed by atoms with Crippen LogP contribution in [0.2, 0.25) is 0 Å². The summed E-state index contributed by atoms with van der Waals surface area (Å²) in [6.07, 6.45) is 0. The van der Waals surface area contributed by atoms with Gasteiger partial charge < -0.3 is 0 Å².